The van der Waals surface area contributed by atoms with Crippen LogP contribution < -0.4 is 5.32 Å². The summed E-state index contributed by atoms with van der Waals surface area (Å²) in [7, 11) is 1.38. The smallest absolute Gasteiger partial charge is 0.320 e. The van der Waals surface area contributed by atoms with Crippen molar-refractivity contribution in [2.24, 2.45) is 0 Å². The predicted octanol–water partition coefficient (Wildman–Crippen LogP) is 1.26. The van der Waals surface area contributed by atoms with Gasteiger partial charge in [-0.1, -0.05) is 0 Å². The molecule has 0 aromatic carbocycles. The van der Waals surface area contributed by atoms with Crippen LogP contribution in [0.2, 0.25) is 0 Å². The number of rotatable bonds is 7. The van der Waals surface area contributed by atoms with Gasteiger partial charge in [0, 0.05) is 6.42 Å². The van der Waals surface area contributed by atoms with Crippen molar-refractivity contribution < 1.29 is 19.1 Å². The highest BCUT2D eigenvalue weighted by Gasteiger charge is 2.15. The number of methoxy groups -OCH3 is 1. The second kappa shape index (κ2) is 8.06. The lowest BCUT2D eigenvalue weighted by molar-refractivity contribution is -0.153. The number of carbonyl (C=O) groups is 2. The summed E-state index contributed by atoms with van der Waals surface area (Å²) in [5.74, 6) is -0.456. The van der Waals surface area contributed by atoms with Crippen molar-refractivity contribution >= 4 is 11.9 Å². The van der Waals surface area contributed by atoms with Gasteiger partial charge in [-0.3, -0.25) is 9.59 Å². The van der Waals surface area contributed by atoms with Crippen LogP contribution in [0.25, 0.3) is 0 Å². The Kier molecular flexibility index (Phi) is 7.54. The number of unbranched alkanes of at least 4 members (excludes halogenated alkanes) is 1. The molecule has 0 aliphatic rings. The predicted molar refractivity (Wildman–Crippen MR) is 64.6 cm³/mol. The van der Waals surface area contributed by atoms with E-state index in [-0.39, 0.29) is 18.5 Å². The first kappa shape index (κ1) is 15.9. The minimum absolute atomic E-state index is 0.197. The maximum atomic E-state index is 11.3. The lowest BCUT2D eigenvalue weighted by atomic mass is 10.2. The first-order chi connectivity index (χ1) is 7.85. The molecule has 0 spiro atoms. The lowest BCUT2D eigenvalue weighted by Crippen LogP contribution is -2.31. The third kappa shape index (κ3) is 11.2. The van der Waals surface area contributed by atoms with E-state index in [9.17, 15) is 9.59 Å². The van der Waals surface area contributed by atoms with E-state index in [4.69, 9.17) is 4.74 Å². The molecule has 0 radical (unpaired) electrons. The van der Waals surface area contributed by atoms with Gasteiger partial charge in [-0.2, -0.15) is 0 Å². The average molecular weight is 245 g/mol. The molecule has 5 nitrogen and oxygen atoms in total. The number of hydrogen-bond donors (Lipinski definition) is 1. The van der Waals surface area contributed by atoms with Crippen LogP contribution in [0.3, 0.4) is 0 Å². The van der Waals surface area contributed by atoms with Crippen LogP contribution in [0.1, 0.15) is 40.0 Å². The van der Waals surface area contributed by atoms with E-state index in [1.807, 2.05) is 20.8 Å². The van der Waals surface area contributed by atoms with Crippen molar-refractivity contribution in [3.8, 4) is 0 Å². The molecule has 17 heavy (non-hydrogen) atoms. The molecule has 5 heteroatoms. The SMILES string of the molecule is COC(=O)CCCCNCC(=O)OC(C)(C)C. The van der Waals surface area contributed by atoms with Gasteiger partial charge in [0.1, 0.15) is 5.60 Å². The van der Waals surface area contributed by atoms with Gasteiger partial charge >= 0.3 is 11.9 Å². The van der Waals surface area contributed by atoms with Crippen molar-refractivity contribution in [1.82, 2.24) is 5.32 Å². The molecule has 1 N–H and O–H groups in total. The summed E-state index contributed by atoms with van der Waals surface area (Å²) in [6.45, 7) is 6.40. The molecule has 0 unspecified atom stereocenters. The van der Waals surface area contributed by atoms with Crippen molar-refractivity contribution in [1.29, 1.82) is 0 Å². The Morgan fingerprint density at radius 2 is 1.76 bits per heavy atom. The Bertz CT molecular complexity index is 245. The number of ether oxygens (including phenoxy) is 2. The zero-order chi connectivity index (χ0) is 13.3. The molecule has 0 aromatic heterocycles. The van der Waals surface area contributed by atoms with Crippen LogP contribution in [0.15, 0.2) is 0 Å². The third-order valence-corrected chi connectivity index (χ3v) is 1.90. The van der Waals surface area contributed by atoms with E-state index in [0.717, 1.165) is 12.8 Å². The first-order valence-electron chi connectivity index (χ1n) is 5.84. The highest BCUT2D eigenvalue weighted by molar-refractivity contribution is 5.72. The number of esters is 2. The van der Waals surface area contributed by atoms with Crippen LogP contribution in [-0.2, 0) is 19.1 Å². The van der Waals surface area contributed by atoms with Crippen molar-refractivity contribution in [2.75, 3.05) is 20.2 Å². The van der Waals surface area contributed by atoms with Crippen molar-refractivity contribution in [3.63, 3.8) is 0 Å². The fraction of sp³-hybridized carbons (Fsp3) is 0.833. The van der Waals surface area contributed by atoms with Gasteiger partial charge in [0.15, 0.2) is 0 Å². The van der Waals surface area contributed by atoms with E-state index in [2.05, 4.69) is 10.1 Å². The van der Waals surface area contributed by atoms with Gasteiger partial charge in [-0.25, -0.2) is 0 Å². The number of carbonyl (C=O) groups excluding carboxylic acids is 2. The lowest BCUT2D eigenvalue weighted by Gasteiger charge is -2.19. The molecule has 0 bridgehead atoms. The Hall–Kier alpha value is -1.10. The maximum absolute atomic E-state index is 11.3. The van der Waals surface area contributed by atoms with Crippen LogP contribution >= 0.6 is 0 Å². The maximum Gasteiger partial charge on any atom is 0.320 e. The fourth-order valence-electron chi connectivity index (χ4n) is 1.19. The van der Waals surface area contributed by atoms with Gasteiger partial charge in [0.05, 0.1) is 13.7 Å². The largest absolute Gasteiger partial charge is 0.469 e. The fourth-order valence-corrected chi connectivity index (χ4v) is 1.19. The molecule has 100 valence electrons. The Morgan fingerprint density at radius 3 is 2.29 bits per heavy atom. The van der Waals surface area contributed by atoms with E-state index < -0.39 is 5.60 Å². The number of hydrogen-bond acceptors (Lipinski definition) is 5. The summed E-state index contributed by atoms with van der Waals surface area (Å²) < 4.78 is 9.64. The highest BCUT2D eigenvalue weighted by Crippen LogP contribution is 2.06. The summed E-state index contributed by atoms with van der Waals surface area (Å²) in [5, 5.41) is 2.97. The van der Waals surface area contributed by atoms with Crippen LogP contribution in [0.5, 0.6) is 0 Å². The van der Waals surface area contributed by atoms with Crippen molar-refractivity contribution in [3.05, 3.63) is 0 Å². The van der Waals surface area contributed by atoms with Crippen LogP contribution in [-0.4, -0.2) is 37.7 Å². The normalized spacial score (nSPS) is 11.1. The van der Waals surface area contributed by atoms with Crippen LogP contribution in [0.4, 0.5) is 0 Å². The number of nitrogens with one attached hydrogen (secondary N) is 1. The third-order valence-electron chi connectivity index (χ3n) is 1.90. The Labute approximate surface area is 103 Å². The molecule has 0 heterocycles. The molecule has 0 atom stereocenters. The molecular formula is C12H23NO4. The van der Waals surface area contributed by atoms with Gasteiger partial charge in [-0.05, 0) is 40.2 Å². The summed E-state index contributed by atoms with van der Waals surface area (Å²) in [6.07, 6.45) is 2.01. The first-order valence-corrected chi connectivity index (χ1v) is 5.84. The minimum atomic E-state index is -0.441. The summed E-state index contributed by atoms with van der Waals surface area (Å²) in [4.78, 5) is 22.1. The second-order valence-electron chi connectivity index (χ2n) is 4.80. The molecule has 0 aromatic rings. The monoisotopic (exact) mass is 245 g/mol. The molecule has 0 aliphatic heterocycles. The van der Waals surface area contributed by atoms with Crippen LogP contribution in [0, 0.1) is 0 Å². The van der Waals surface area contributed by atoms with E-state index in [1.165, 1.54) is 7.11 Å². The summed E-state index contributed by atoms with van der Waals surface area (Å²) >= 11 is 0. The zero-order valence-corrected chi connectivity index (χ0v) is 11.2. The Morgan fingerprint density at radius 1 is 1.12 bits per heavy atom. The summed E-state index contributed by atoms with van der Waals surface area (Å²) in [6, 6.07) is 0. The zero-order valence-electron chi connectivity index (χ0n) is 11.2. The summed E-state index contributed by atoms with van der Waals surface area (Å²) in [5.41, 5.74) is -0.441. The molecule has 0 fully saturated rings. The van der Waals surface area contributed by atoms with Gasteiger partial charge < -0.3 is 14.8 Å². The average Bonchev–Trinajstić information content (AvgIpc) is 2.20. The molecule has 0 saturated heterocycles. The second-order valence-corrected chi connectivity index (χ2v) is 4.80. The molecule has 0 saturated carbocycles. The van der Waals surface area contributed by atoms with E-state index in [0.29, 0.717) is 13.0 Å². The van der Waals surface area contributed by atoms with E-state index in [1.54, 1.807) is 0 Å². The molecular weight excluding hydrogens is 222 g/mol. The van der Waals surface area contributed by atoms with Gasteiger partial charge in [-0.15, -0.1) is 0 Å². The van der Waals surface area contributed by atoms with E-state index >= 15 is 0 Å². The minimum Gasteiger partial charge on any atom is -0.469 e. The van der Waals surface area contributed by atoms with Gasteiger partial charge in [0.25, 0.3) is 0 Å². The molecule has 0 aliphatic carbocycles. The topological polar surface area (TPSA) is 64.6 Å². The standard InChI is InChI=1S/C12H23NO4/c1-12(2,3)17-11(15)9-13-8-6-5-7-10(14)16-4/h13H,5-9H2,1-4H3. The molecule has 0 amide bonds. The quantitative estimate of drug-likeness (QED) is 0.540. The van der Waals surface area contributed by atoms with Gasteiger partial charge in [0.2, 0.25) is 0 Å². The Balaban J connectivity index is 3.40. The molecule has 0 rings (SSSR count). The highest BCUT2D eigenvalue weighted by atomic mass is 16.6. The van der Waals surface area contributed by atoms with Crippen molar-refractivity contribution in [2.45, 2.75) is 45.6 Å².